The van der Waals surface area contributed by atoms with Crippen molar-refractivity contribution in [2.75, 3.05) is 0 Å². The number of carbonyl (C=O) groups excluding carboxylic acids is 1. The monoisotopic (exact) mass is 396 g/mol. The maximum Gasteiger partial charge on any atom is 0.339 e. The van der Waals surface area contributed by atoms with Crippen LogP contribution in [-0.4, -0.2) is 26.3 Å². The first-order valence-electron chi connectivity index (χ1n) is 8.95. The summed E-state index contributed by atoms with van der Waals surface area (Å²) in [4.78, 5) is 21.4. The Kier molecular flexibility index (Phi) is 4.79. The lowest BCUT2D eigenvalue weighted by Crippen LogP contribution is -2.07. The Morgan fingerprint density at radius 1 is 1.14 bits per heavy atom. The number of fused-ring (bicyclic) bond motifs is 1. The molecule has 0 aliphatic carbocycles. The van der Waals surface area contributed by atoms with Gasteiger partial charge in [-0.05, 0) is 37.3 Å². The lowest BCUT2D eigenvalue weighted by molar-refractivity contribution is 0.0432. The molecule has 148 valence electrons. The second-order valence-electron chi connectivity index (χ2n) is 6.79. The van der Waals surface area contributed by atoms with Gasteiger partial charge in [0.2, 0.25) is 0 Å². The van der Waals surface area contributed by atoms with Crippen LogP contribution in [0.2, 0.25) is 0 Å². The van der Waals surface area contributed by atoms with Gasteiger partial charge in [-0.2, -0.15) is 4.98 Å². The molecule has 0 amide bonds. The molecule has 0 radical (unpaired) electrons. The maximum atomic E-state index is 13.2. The number of nitrogens with zero attached hydrogens (tertiary/aromatic N) is 4. The molecule has 1 aromatic carbocycles. The van der Waals surface area contributed by atoms with Crippen LogP contribution in [0.3, 0.4) is 0 Å². The average molecular weight is 396 g/mol. The first-order chi connectivity index (χ1) is 13.9. The van der Waals surface area contributed by atoms with Crippen molar-refractivity contribution in [1.29, 1.82) is 0 Å². The predicted octanol–water partition coefficient (Wildman–Crippen LogP) is 4.20. The van der Waals surface area contributed by atoms with Gasteiger partial charge in [0.1, 0.15) is 5.82 Å². The van der Waals surface area contributed by atoms with E-state index in [1.807, 2.05) is 13.8 Å². The average Bonchev–Trinajstić information content (AvgIpc) is 3.33. The zero-order valence-electron chi connectivity index (χ0n) is 16.0. The molecule has 8 nitrogen and oxygen atoms in total. The third-order valence-electron chi connectivity index (χ3n) is 4.30. The third kappa shape index (κ3) is 3.71. The Labute approximate surface area is 164 Å². The standard InChI is InChI=1S/C20H17FN4O4/c1-10(2)18-23-16(28-25-18)9-27-20(26)14-8-15(12-4-6-13(21)7-5-12)22-19-17(14)11(3)24-29-19/h4-8,10H,9H2,1-3H3. The molecule has 0 saturated heterocycles. The molecule has 0 saturated carbocycles. The normalized spacial score (nSPS) is 11.3. The molecule has 0 fully saturated rings. The lowest BCUT2D eigenvalue weighted by atomic mass is 10.1. The second kappa shape index (κ2) is 7.42. The van der Waals surface area contributed by atoms with E-state index in [2.05, 4.69) is 20.3 Å². The van der Waals surface area contributed by atoms with Gasteiger partial charge < -0.3 is 13.8 Å². The topological polar surface area (TPSA) is 104 Å². The third-order valence-corrected chi connectivity index (χ3v) is 4.30. The van der Waals surface area contributed by atoms with E-state index in [0.717, 1.165) is 0 Å². The number of ether oxygens (including phenoxy) is 1. The molecule has 0 aliphatic heterocycles. The van der Waals surface area contributed by atoms with E-state index >= 15 is 0 Å². The molecule has 0 spiro atoms. The summed E-state index contributed by atoms with van der Waals surface area (Å²) in [6.45, 7) is 5.40. The van der Waals surface area contributed by atoms with E-state index in [1.54, 1.807) is 25.1 Å². The molecule has 0 bridgehead atoms. The van der Waals surface area contributed by atoms with E-state index < -0.39 is 5.97 Å². The minimum absolute atomic E-state index is 0.0981. The number of pyridine rings is 1. The van der Waals surface area contributed by atoms with Crippen molar-refractivity contribution in [2.45, 2.75) is 33.3 Å². The number of aromatic nitrogens is 4. The summed E-state index contributed by atoms with van der Waals surface area (Å²) in [6.07, 6.45) is 0. The summed E-state index contributed by atoms with van der Waals surface area (Å²) in [6, 6.07) is 7.32. The van der Waals surface area contributed by atoms with Crippen molar-refractivity contribution in [3.63, 3.8) is 0 Å². The van der Waals surface area contributed by atoms with E-state index in [-0.39, 0.29) is 35.5 Å². The van der Waals surface area contributed by atoms with Crippen molar-refractivity contribution >= 4 is 17.1 Å². The number of benzene rings is 1. The van der Waals surface area contributed by atoms with E-state index in [0.29, 0.717) is 28.2 Å². The Morgan fingerprint density at radius 2 is 1.90 bits per heavy atom. The fraction of sp³-hybridized carbons (Fsp3) is 0.250. The van der Waals surface area contributed by atoms with Gasteiger partial charge in [0.15, 0.2) is 12.4 Å². The van der Waals surface area contributed by atoms with E-state index in [4.69, 9.17) is 13.8 Å². The Bertz CT molecular complexity index is 1180. The highest BCUT2D eigenvalue weighted by molar-refractivity contribution is 6.04. The van der Waals surface area contributed by atoms with Gasteiger partial charge in [-0.15, -0.1) is 0 Å². The van der Waals surface area contributed by atoms with Crippen LogP contribution < -0.4 is 0 Å². The van der Waals surface area contributed by atoms with Crippen LogP contribution in [0.4, 0.5) is 4.39 Å². The lowest BCUT2D eigenvalue weighted by Gasteiger charge is -2.06. The van der Waals surface area contributed by atoms with E-state index in [1.165, 1.54) is 12.1 Å². The number of carbonyl (C=O) groups is 1. The Morgan fingerprint density at radius 3 is 2.59 bits per heavy atom. The maximum absolute atomic E-state index is 13.2. The van der Waals surface area contributed by atoms with Crippen LogP contribution in [0.25, 0.3) is 22.4 Å². The van der Waals surface area contributed by atoms with Gasteiger partial charge in [-0.1, -0.05) is 24.2 Å². The number of hydrogen-bond donors (Lipinski definition) is 0. The molecule has 4 aromatic rings. The molecule has 29 heavy (non-hydrogen) atoms. The number of aryl methyl sites for hydroxylation is 1. The SMILES string of the molecule is Cc1noc2nc(-c3ccc(F)cc3)cc(C(=O)OCc3nc(C(C)C)no3)c12. The van der Waals surface area contributed by atoms with Gasteiger partial charge in [0.25, 0.3) is 11.6 Å². The first-order valence-corrected chi connectivity index (χ1v) is 8.95. The minimum Gasteiger partial charge on any atom is -0.452 e. The van der Waals surface area contributed by atoms with Crippen LogP contribution in [0.15, 0.2) is 39.4 Å². The summed E-state index contributed by atoms with van der Waals surface area (Å²) >= 11 is 0. The van der Waals surface area contributed by atoms with E-state index in [9.17, 15) is 9.18 Å². The van der Waals surface area contributed by atoms with Crippen molar-refractivity contribution in [3.8, 4) is 11.3 Å². The Hall–Kier alpha value is -3.62. The van der Waals surface area contributed by atoms with Crippen LogP contribution in [0.5, 0.6) is 0 Å². The molecule has 4 rings (SSSR count). The molecule has 3 heterocycles. The highest BCUT2D eigenvalue weighted by atomic mass is 19.1. The molecule has 3 aromatic heterocycles. The summed E-state index contributed by atoms with van der Waals surface area (Å²) in [5, 5.41) is 8.18. The first kappa shape index (κ1) is 18.7. The second-order valence-corrected chi connectivity index (χ2v) is 6.79. The summed E-state index contributed by atoms with van der Waals surface area (Å²) in [5.74, 6) is -0.147. The van der Waals surface area contributed by atoms with Crippen molar-refractivity contribution in [1.82, 2.24) is 20.3 Å². The van der Waals surface area contributed by atoms with Gasteiger partial charge in [0, 0.05) is 11.5 Å². The van der Waals surface area contributed by atoms with Gasteiger partial charge in [-0.3, -0.25) is 0 Å². The van der Waals surface area contributed by atoms with Crippen molar-refractivity contribution < 1.29 is 23.0 Å². The summed E-state index contributed by atoms with van der Waals surface area (Å²) < 4.78 is 28.9. The molecule has 9 heteroatoms. The van der Waals surface area contributed by atoms with Crippen molar-refractivity contribution in [2.24, 2.45) is 0 Å². The molecule has 0 aliphatic rings. The van der Waals surface area contributed by atoms with Gasteiger partial charge in [0.05, 0.1) is 22.3 Å². The molecule has 0 unspecified atom stereocenters. The molecular weight excluding hydrogens is 379 g/mol. The molecular formula is C20H17FN4O4. The van der Waals surface area contributed by atoms with Gasteiger partial charge >= 0.3 is 5.97 Å². The smallest absolute Gasteiger partial charge is 0.339 e. The van der Waals surface area contributed by atoms with Crippen LogP contribution in [-0.2, 0) is 11.3 Å². The predicted molar refractivity (Wildman–Crippen MR) is 99.4 cm³/mol. The number of halogens is 1. The highest BCUT2D eigenvalue weighted by Crippen LogP contribution is 2.28. The largest absolute Gasteiger partial charge is 0.452 e. The quantitative estimate of drug-likeness (QED) is 0.462. The minimum atomic E-state index is -0.614. The number of rotatable bonds is 5. The van der Waals surface area contributed by atoms with Crippen LogP contribution in [0.1, 0.15) is 47.5 Å². The fourth-order valence-corrected chi connectivity index (χ4v) is 2.79. The number of esters is 1. The summed E-state index contributed by atoms with van der Waals surface area (Å²) in [5.41, 5.74) is 1.98. The molecule has 0 atom stereocenters. The zero-order valence-corrected chi connectivity index (χ0v) is 16.0. The van der Waals surface area contributed by atoms with Crippen LogP contribution in [0, 0.1) is 12.7 Å². The Balaban J connectivity index is 1.66. The zero-order chi connectivity index (χ0) is 20.5. The fourth-order valence-electron chi connectivity index (χ4n) is 2.79. The van der Waals surface area contributed by atoms with Gasteiger partial charge in [-0.25, -0.2) is 14.2 Å². The van der Waals surface area contributed by atoms with Crippen molar-refractivity contribution in [3.05, 3.63) is 59.1 Å². The van der Waals surface area contributed by atoms with Crippen LogP contribution >= 0.6 is 0 Å². The number of hydrogen-bond acceptors (Lipinski definition) is 8. The summed E-state index contributed by atoms with van der Waals surface area (Å²) in [7, 11) is 0. The molecule has 0 N–H and O–H groups in total. The highest BCUT2D eigenvalue weighted by Gasteiger charge is 2.21.